The van der Waals surface area contributed by atoms with Crippen molar-refractivity contribution in [3.63, 3.8) is 0 Å². The van der Waals surface area contributed by atoms with E-state index in [4.69, 9.17) is 10.5 Å². The molecule has 94 valence electrons. The van der Waals surface area contributed by atoms with Gasteiger partial charge in [-0.2, -0.15) is 0 Å². The Morgan fingerprint density at radius 3 is 3.00 bits per heavy atom. The minimum Gasteiger partial charge on any atom is -0.491 e. The Kier molecular flexibility index (Phi) is 4.08. The fourth-order valence-corrected chi connectivity index (χ4v) is 1.74. The molecule has 2 rings (SSSR count). The predicted octanol–water partition coefficient (Wildman–Crippen LogP) is 1.53. The smallest absolute Gasteiger partial charge is 0.229 e. The van der Waals surface area contributed by atoms with Crippen LogP contribution >= 0.6 is 11.3 Å². The Bertz CT molecular complexity index is 516. The standard InChI is InChI=1S/C11H12N4O2S/c12-8-3-1-2-4-9(8)17-6-5-10(16)14-11-15-13-7-18-11/h1-4,7H,5-6,12H2,(H,14,15,16). The van der Waals surface area contributed by atoms with E-state index >= 15 is 0 Å². The van der Waals surface area contributed by atoms with Gasteiger partial charge >= 0.3 is 0 Å². The molecule has 0 fully saturated rings. The van der Waals surface area contributed by atoms with Gasteiger partial charge in [0.05, 0.1) is 18.7 Å². The van der Waals surface area contributed by atoms with Gasteiger partial charge < -0.3 is 15.8 Å². The summed E-state index contributed by atoms with van der Waals surface area (Å²) in [7, 11) is 0. The number of benzene rings is 1. The summed E-state index contributed by atoms with van der Waals surface area (Å²) >= 11 is 1.27. The molecule has 1 aromatic carbocycles. The van der Waals surface area contributed by atoms with Crippen LogP contribution in [0.2, 0.25) is 0 Å². The summed E-state index contributed by atoms with van der Waals surface area (Å²) in [5.74, 6) is 0.419. The third-order valence-corrected chi connectivity index (χ3v) is 2.72. The summed E-state index contributed by atoms with van der Waals surface area (Å²) < 4.78 is 5.41. The molecular weight excluding hydrogens is 252 g/mol. The molecule has 1 aromatic heterocycles. The number of carbonyl (C=O) groups is 1. The Morgan fingerprint density at radius 2 is 2.28 bits per heavy atom. The van der Waals surface area contributed by atoms with Crippen LogP contribution in [0.15, 0.2) is 29.8 Å². The molecule has 0 atom stereocenters. The fourth-order valence-electron chi connectivity index (χ4n) is 1.27. The van der Waals surface area contributed by atoms with E-state index in [1.165, 1.54) is 11.3 Å². The first-order valence-corrected chi connectivity index (χ1v) is 6.17. The number of anilines is 2. The van der Waals surface area contributed by atoms with Gasteiger partial charge in [0.15, 0.2) is 0 Å². The van der Waals surface area contributed by atoms with Crippen LogP contribution in [-0.2, 0) is 4.79 Å². The van der Waals surface area contributed by atoms with Crippen molar-refractivity contribution in [1.82, 2.24) is 10.2 Å². The van der Waals surface area contributed by atoms with Crippen LogP contribution in [0, 0.1) is 0 Å². The Morgan fingerprint density at radius 1 is 1.44 bits per heavy atom. The number of aromatic nitrogens is 2. The number of nitrogens with zero attached hydrogens (tertiary/aromatic N) is 2. The van der Waals surface area contributed by atoms with E-state index in [9.17, 15) is 4.79 Å². The highest BCUT2D eigenvalue weighted by atomic mass is 32.1. The van der Waals surface area contributed by atoms with Crippen molar-refractivity contribution in [3.05, 3.63) is 29.8 Å². The molecule has 0 unspecified atom stereocenters. The summed E-state index contributed by atoms with van der Waals surface area (Å²) in [6.07, 6.45) is 0.230. The van der Waals surface area contributed by atoms with E-state index in [1.807, 2.05) is 12.1 Å². The Balaban J connectivity index is 1.75. The van der Waals surface area contributed by atoms with Gasteiger partial charge in [0, 0.05) is 0 Å². The first kappa shape index (κ1) is 12.3. The van der Waals surface area contributed by atoms with Gasteiger partial charge in [-0.05, 0) is 12.1 Å². The van der Waals surface area contributed by atoms with E-state index in [-0.39, 0.29) is 18.9 Å². The summed E-state index contributed by atoms with van der Waals surface area (Å²) in [5, 5.41) is 10.4. The van der Waals surface area contributed by atoms with Crippen LogP contribution in [0.3, 0.4) is 0 Å². The van der Waals surface area contributed by atoms with E-state index in [0.29, 0.717) is 16.6 Å². The first-order chi connectivity index (χ1) is 8.75. The number of hydrogen-bond acceptors (Lipinski definition) is 6. The van der Waals surface area contributed by atoms with Crippen LogP contribution in [0.1, 0.15) is 6.42 Å². The Hall–Kier alpha value is -2.15. The molecule has 18 heavy (non-hydrogen) atoms. The molecule has 0 aliphatic heterocycles. The van der Waals surface area contributed by atoms with Crippen molar-refractivity contribution in [2.24, 2.45) is 0 Å². The number of ether oxygens (including phenoxy) is 1. The van der Waals surface area contributed by atoms with Gasteiger partial charge in [0.2, 0.25) is 11.0 Å². The van der Waals surface area contributed by atoms with Crippen LogP contribution < -0.4 is 15.8 Å². The van der Waals surface area contributed by atoms with Crippen LogP contribution in [0.5, 0.6) is 5.75 Å². The van der Waals surface area contributed by atoms with Crippen molar-refractivity contribution in [2.75, 3.05) is 17.7 Å². The molecule has 0 aliphatic rings. The van der Waals surface area contributed by atoms with Crippen molar-refractivity contribution in [1.29, 1.82) is 0 Å². The molecular formula is C11H12N4O2S. The molecule has 7 heteroatoms. The third kappa shape index (κ3) is 3.42. The van der Waals surface area contributed by atoms with E-state index in [2.05, 4.69) is 15.5 Å². The molecule has 2 aromatic rings. The van der Waals surface area contributed by atoms with Crippen LogP contribution in [0.25, 0.3) is 0 Å². The lowest BCUT2D eigenvalue weighted by atomic mass is 10.3. The highest BCUT2D eigenvalue weighted by Gasteiger charge is 2.05. The minimum absolute atomic E-state index is 0.166. The average Bonchev–Trinajstić information content (AvgIpc) is 2.84. The number of carbonyl (C=O) groups excluding carboxylic acids is 1. The zero-order chi connectivity index (χ0) is 12.8. The number of para-hydroxylation sites is 2. The maximum Gasteiger partial charge on any atom is 0.229 e. The van der Waals surface area contributed by atoms with Crippen molar-refractivity contribution in [2.45, 2.75) is 6.42 Å². The third-order valence-electron chi connectivity index (χ3n) is 2.11. The van der Waals surface area contributed by atoms with Crippen LogP contribution in [0.4, 0.5) is 10.8 Å². The molecule has 0 saturated carbocycles. The molecule has 0 radical (unpaired) electrons. The Labute approximate surface area is 108 Å². The molecule has 0 aliphatic carbocycles. The average molecular weight is 264 g/mol. The lowest BCUT2D eigenvalue weighted by Gasteiger charge is -2.07. The number of hydrogen-bond donors (Lipinski definition) is 2. The van der Waals surface area contributed by atoms with Gasteiger partial charge in [-0.1, -0.05) is 23.5 Å². The molecule has 3 N–H and O–H groups in total. The van der Waals surface area contributed by atoms with Gasteiger partial charge in [-0.3, -0.25) is 4.79 Å². The maximum absolute atomic E-state index is 11.5. The van der Waals surface area contributed by atoms with Gasteiger partial charge in [-0.15, -0.1) is 10.2 Å². The maximum atomic E-state index is 11.5. The lowest BCUT2D eigenvalue weighted by Crippen LogP contribution is -2.15. The van der Waals surface area contributed by atoms with E-state index < -0.39 is 0 Å². The SMILES string of the molecule is Nc1ccccc1OCCC(=O)Nc1nncs1. The molecule has 0 saturated heterocycles. The largest absolute Gasteiger partial charge is 0.491 e. The van der Waals surface area contributed by atoms with Gasteiger partial charge in [0.1, 0.15) is 11.3 Å². The summed E-state index contributed by atoms with van der Waals surface area (Å²) in [6, 6.07) is 7.16. The second kappa shape index (κ2) is 5.97. The number of nitrogens with one attached hydrogen (secondary N) is 1. The van der Waals surface area contributed by atoms with Crippen molar-refractivity contribution < 1.29 is 9.53 Å². The molecule has 1 amide bonds. The summed E-state index contributed by atoms with van der Waals surface area (Å²) in [5.41, 5.74) is 7.81. The molecule has 1 heterocycles. The normalized spacial score (nSPS) is 10.0. The zero-order valence-corrected chi connectivity index (χ0v) is 10.3. The topological polar surface area (TPSA) is 90.1 Å². The first-order valence-electron chi connectivity index (χ1n) is 5.29. The van der Waals surface area contributed by atoms with E-state index in [1.54, 1.807) is 17.6 Å². The van der Waals surface area contributed by atoms with Crippen molar-refractivity contribution >= 4 is 28.1 Å². The highest BCUT2D eigenvalue weighted by Crippen LogP contribution is 2.19. The second-order valence-electron chi connectivity index (χ2n) is 3.43. The highest BCUT2D eigenvalue weighted by molar-refractivity contribution is 7.13. The summed E-state index contributed by atoms with van der Waals surface area (Å²) in [6.45, 7) is 0.263. The number of amides is 1. The zero-order valence-electron chi connectivity index (χ0n) is 9.50. The predicted molar refractivity (Wildman–Crippen MR) is 69.5 cm³/mol. The molecule has 0 spiro atoms. The number of rotatable bonds is 5. The van der Waals surface area contributed by atoms with Gasteiger partial charge in [-0.25, -0.2) is 0 Å². The fraction of sp³-hybridized carbons (Fsp3) is 0.182. The van der Waals surface area contributed by atoms with E-state index in [0.717, 1.165) is 0 Å². The summed E-state index contributed by atoms with van der Waals surface area (Å²) in [4.78, 5) is 11.5. The lowest BCUT2D eigenvalue weighted by molar-refractivity contribution is -0.116. The molecule has 6 nitrogen and oxygen atoms in total. The monoisotopic (exact) mass is 264 g/mol. The van der Waals surface area contributed by atoms with Crippen LogP contribution in [-0.4, -0.2) is 22.7 Å². The van der Waals surface area contributed by atoms with Crippen molar-refractivity contribution in [3.8, 4) is 5.75 Å². The van der Waals surface area contributed by atoms with Gasteiger partial charge in [0.25, 0.3) is 0 Å². The number of nitrogen functional groups attached to an aromatic ring is 1. The second-order valence-corrected chi connectivity index (χ2v) is 4.26. The molecule has 0 bridgehead atoms. The quantitative estimate of drug-likeness (QED) is 0.799. The number of nitrogens with two attached hydrogens (primary N) is 1. The minimum atomic E-state index is -0.166.